The van der Waals surface area contributed by atoms with E-state index in [4.69, 9.17) is 4.74 Å². The van der Waals surface area contributed by atoms with Crippen LogP contribution in [-0.4, -0.2) is 25.1 Å². The van der Waals surface area contributed by atoms with Gasteiger partial charge >= 0.3 is 0 Å². The molecule has 6 nitrogen and oxygen atoms in total. The molecule has 0 bridgehead atoms. The van der Waals surface area contributed by atoms with Crippen LogP contribution in [0.1, 0.15) is 16.8 Å². The first-order chi connectivity index (χ1) is 14.4. The van der Waals surface area contributed by atoms with Gasteiger partial charge < -0.3 is 10.1 Å². The second-order valence-electron chi connectivity index (χ2n) is 6.70. The highest BCUT2D eigenvalue weighted by molar-refractivity contribution is 9.10. The smallest absolute Gasteiger partial charge is 0.235 e. The number of carbonyl (C=O) groups is 1. The molecule has 3 rings (SSSR count). The summed E-state index contributed by atoms with van der Waals surface area (Å²) < 4.78 is 31.1. The molecule has 0 spiro atoms. The van der Waals surface area contributed by atoms with Gasteiger partial charge in [0, 0.05) is 17.2 Å². The number of hydrogen-bond acceptors (Lipinski definition) is 5. The maximum Gasteiger partial charge on any atom is 0.235 e. The van der Waals surface area contributed by atoms with Crippen molar-refractivity contribution in [2.24, 2.45) is 0 Å². The van der Waals surface area contributed by atoms with E-state index in [0.29, 0.717) is 17.9 Å². The summed E-state index contributed by atoms with van der Waals surface area (Å²) in [7, 11) is -3.57. The number of sulfone groups is 1. The highest BCUT2D eigenvalue weighted by Crippen LogP contribution is 2.16. The molecule has 0 saturated heterocycles. The van der Waals surface area contributed by atoms with Crippen LogP contribution >= 0.6 is 15.9 Å². The molecule has 0 aliphatic rings. The standard InChI is InChI=1S/C22H21BrN2O4S/c23-19-7-3-6-18(11-19)15-30(27,28)16-22(26)25-13-17-5-4-9-21(12-17)29-14-20-8-1-2-10-24-20/h1-12H,13-16H2,(H,25,26). The van der Waals surface area contributed by atoms with Crippen LogP contribution < -0.4 is 10.1 Å². The molecule has 1 heterocycles. The molecule has 0 saturated carbocycles. The van der Waals surface area contributed by atoms with Crippen LogP contribution in [0.4, 0.5) is 0 Å². The Kier molecular flexibility index (Phi) is 7.59. The molecular formula is C22H21BrN2O4S. The van der Waals surface area contributed by atoms with Gasteiger partial charge in [-0.25, -0.2) is 8.42 Å². The highest BCUT2D eigenvalue weighted by Gasteiger charge is 2.17. The molecule has 0 fully saturated rings. The van der Waals surface area contributed by atoms with E-state index < -0.39 is 21.5 Å². The number of pyridine rings is 1. The Morgan fingerprint density at radius 3 is 2.57 bits per heavy atom. The lowest BCUT2D eigenvalue weighted by Crippen LogP contribution is -2.30. The number of benzene rings is 2. The minimum Gasteiger partial charge on any atom is -0.487 e. The summed E-state index contributed by atoms with van der Waals surface area (Å²) in [5.74, 6) is -0.633. The van der Waals surface area contributed by atoms with E-state index in [0.717, 1.165) is 15.7 Å². The Morgan fingerprint density at radius 2 is 1.80 bits per heavy atom. The third kappa shape index (κ3) is 7.27. The third-order valence-electron chi connectivity index (χ3n) is 4.13. The number of nitrogens with zero attached hydrogens (tertiary/aromatic N) is 1. The molecule has 30 heavy (non-hydrogen) atoms. The Balaban J connectivity index is 1.50. The predicted molar refractivity (Wildman–Crippen MR) is 118 cm³/mol. The number of amides is 1. The molecule has 0 unspecified atom stereocenters. The molecule has 0 atom stereocenters. The van der Waals surface area contributed by atoms with Crippen molar-refractivity contribution >= 4 is 31.7 Å². The molecule has 156 valence electrons. The van der Waals surface area contributed by atoms with Crippen molar-refractivity contribution in [3.8, 4) is 5.75 Å². The number of halogens is 1. The van der Waals surface area contributed by atoms with E-state index >= 15 is 0 Å². The maximum absolute atomic E-state index is 12.3. The van der Waals surface area contributed by atoms with Gasteiger partial charge in [-0.2, -0.15) is 0 Å². The second-order valence-corrected chi connectivity index (χ2v) is 9.68. The van der Waals surface area contributed by atoms with Crippen molar-refractivity contribution in [1.29, 1.82) is 0 Å². The van der Waals surface area contributed by atoms with E-state index in [1.165, 1.54) is 0 Å². The molecule has 0 aliphatic heterocycles. The van der Waals surface area contributed by atoms with Crippen LogP contribution in [-0.2, 0) is 33.5 Å². The fourth-order valence-electron chi connectivity index (χ4n) is 2.77. The lowest BCUT2D eigenvalue weighted by molar-refractivity contribution is -0.118. The summed E-state index contributed by atoms with van der Waals surface area (Å²) in [4.78, 5) is 16.3. The minimum absolute atomic E-state index is 0.184. The molecule has 3 aromatic rings. The number of aromatic nitrogens is 1. The van der Waals surface area contributed by atoms with Gasteiger partial charge in [-0.3, -0.25) is 9.78 Å². The molecule has 1 amide bonds. The lowest BCUT2D eigenvalue weighted by atomic mass is 10.2. The zero-order valence-corrected chi connectivity index (χ0v) is 18.5. The Hall–Kier alpha value is -2.71. The predicted octanol–water partition coefficient (Wildman–Crippen LogP) is 3.65. The molecule has 1 aromatic heterocycles. The minimum atomic E-state index is -3.57. The quantitative estimate of drug-likeness (QED) is 0.496. The number of carbonyl (C=O) groups excluding carboxylic acids is 1. The van der Waals surface area contributed by atoms with Crippen LogP contribution in [0.2, 0.25) is 0 Å². The summed E-state index contributed by atoms with van der Waals surface area (Å²) in [5, 5.41) is 2.66. The Labute approximate surface area is 184 Å². The third-order valence-corrected chi connectivity index (χ3v) is 6.10. The van der Waals surface area contributed by atoms with Gasteiger partial charge in [-0.15, -0.1) is 0 Å². The summed E-state index contributed by atoms with van der Waals surface area (Å²) in [6.45, 7) is 0.552. The summed E-state index contributed by atoms with van der Waals surface area (Å²) in [6.07, 6.45) is 1.70. The van der Waals surface area contributed by atoms with E-state index in [1.54, 1.807) is 30.5 Å². The van der Waals surface area contributed by atoms with E-state index in [9.17, 15) is 13.2 Å². The normalized spacial score (nSPS) is 11.1. The van der Waals surface area contributed by atoms with Crippen molar-refractivity contribution in [2.75, 3.05) is 5.75 Å². The van der Waals surface area contributed by atoms with Crippen molar-refractivity contribution in [3.05, 3.63) is 94.2 Å². The first-order valence-corrected chi connectivity index (χ1v) is 11.8. The number of ether oxygens (including phenoxy) is 1. The van der Waals surface area contributed by atoms with Gasteiger partial charge in [0.25, 0.3) is 0 Å². The van der Waals surface area contributed by atoms with Crippen LogP contribution in [0.25, 0.3) is 0 Å². The van der Waals surface area contributed by atoms with Crippen LogP contribution in [0.15, 0.2) is 77.4 Å². The second kappa shape index (κ2) is 10.4. The van der Waals surface area contributed by atoms with Crippen LogP contribution in [0.3, 0.4) is 0 Å². The largest absolute Gasteiger partial charge is 0.487 e. The first-order valence-electron chi connectivity index (χ1n) is 9.23. The summed E-state index contributed by atoms with van der Waals surface area (Å²) >= 11 is 3.31. The lowest BCUT2D eigenvalue weighted by Gasteiger charge is -2.09. The average molecular weight is 489 g/mol. The molecule has 1 N–H and O–H groups in total. The number of hydrogen-bond donors (Lipinski definition) is 1. The van der Waals surface area contributed by atoms with Crippen molar-refractivity contribution in [2.45, 2.75) is 18.9 Å². The fraction of sp³-hybridized carbons (Fsp3) is 0.182. The zero-order valence-electron chi connectivity index (χ0n) is 16.1. The maximum atomic E-state index is 12.3. The van der Waals surface area contributed by atoms with Crippen LogP contribution in [0.5, 0.6) is 5.75 Å². The van der Waals surface area contributed by atoms with Gasteiger partial charge in [0.1, 0.15) is 18.1 Å². The zero-order chi connectivity index (χ0) is 21.4. The van der Waals surface area contributed by atoms with Gasteiger partial charge in [0.2, 0.25) is 5.91 Å². The number of nitrogens with one attached hydrogen (secondary N) is 1. The van der Waals surface area contributed by atoms with E-state index in [2.05, 4.69) is 26.2 Å². The van der Waals surface area contributed by atoms with Gasteiger partial charge in [0.05, 0.1) is 11.4 Å². The molecule has 0 radical (unpaired) electrons. The van der Waals surface area contributed by atoms with Crippen molar-refractivity contribution in [1.82, 2.24) is 10.3 Å². The average Bonchev–Trinajstić information content (AvgIpc) is 2.71. The van der Waals surface area contributed by atoms with Crippen LogP contribution in [0, 0.1) is 0 Å². The molecule has 8 heteroatoms. The SMILES string of the molecule is O=C(CS(=O)(=O)Cc1cccc(Br)c1)NCc1cccc(OCc2ccccn2)c1. The van der Waals surface area contributed by atoms with Gasteiger partial charge in [-0.05, 0) is 47.5 Å². The van der Waals surface area contributed by atoms with Gasteiger partial charge in [0.15, 0.2) is 9.84 Å². The van der Waals surface area contributed by atoms with Crippen molar-refractivity contribution < 1.29 is 17.9 Å². The Bertz CT molecular complexity index is 1100. The van der Waals surface area contributed by atoms with E-state index in [-0.39, 0.29) is 12.3 Å². The molecule has 2 aromatic carbocycles. The van der Waals surface area contributed by atoms with Crippen molar-refractivity contribution in [3.63, 3.8) is 0 Å². The molecule has 0 aliphatic carbocycles. The fourth-order valence-corrected chi connectivity index (χ4v) is 4.51. The monoisotopic (exact) mass is 488 g/mol. The highest BCUT2D eigenvalue weighted by atomic mass is 79.9. The molecular weight excluding hydrogens is 468 g/mol. The summed E-state index contributed by atoms with van der Waals surface area (Å²) in [5.41, 5.74) is 2.26. The Morgan fingerprint density at radius 1 is 1.00 bits per heavy atom. The van der Waals surface area contributed by atoms with Gasteiger partial charge in [-0.1, -0.05) is 46.3 Å². The number of rotatable bonds is 9. The first kappa shape index (κ1) is 22.0. The topological polar surface area (TPSA) is 85.4 Å². The van der Waals surface area contributed by atoms with E-state index in [1.807, 2.05) is 42.5 Å². The summed E-state index contributed by atoms with van der Waals surface area (Å²) in [6, 6.07) is 19.9.